The van der Waals surface area contributed by atoms with E-state index in [1.807, 2.05) is 7.05 Å². The predicted molar refractivity (Wildman–Crippen MR) is 170 cm³/mol. The monoisotopic (exact) mass is 629 g/mol. The number of anilines is 1. The fourth-order valence-electron chi connectivity index (χ4n) is 7.86. The third kappa shape index (κ3) is 5.12. The van der Waals surface area contributed by atoms with Crippen LogP contribution in [0.5, 0.6) is 6.01 Å². The summed E-state index contributed by atoms with van der Waals surface area (Å²) in [5, 5.41) is 4.92. The summed E-state index contributed by atoms with van der Waals surface area (Å²) in [6, 6.07) is 10.1. The Morgan fingerprint density at radius 1 is 1.07 bits per heavy atom. The number of ether oxygens (including phenoxy) is 2. The molecule has 6 bridgehead atoms. The summed E-state index contributed by atoms with van der Waals surface area (Å²) in [6.45, 7) is 4.77. The number of halogens is 2. The minimum atomic E-state index is -0.653. The first kappa shape index (κ1) is 29.4. The molecule has 6 heterocycles. The number of benzene rings is 2. The lowest BCUT2D eigenvalue weighted by Crippen LogP contribution is -2.55. The van der Waals surface area contributed by atoms with Gasteiger partial charge in [0, 0.05) is 63.0 Å². The molecule has 4 aromatic rings. The summed E-state index contributed by atoms with van der Waals surface area (Å²) in [5.74, 6) is -0.529. The van der Waals surface area contributed by atoms with Crippen LogP contribution in [0.3, 0.4) is 0 Å². The molecule has 10 nitrogen and oxygen atoms in total. The van der Waals surface area contributed by atoms with E-state index in [0.717, 1.165) is 32.4 Å². The number of rotatable bonds is 1. The third-order valence-corrected chi connectivity index (χ3v) is 10.1. The van der Waals surface area contributed by atoms with Crippen molar-refractivity contribution in [2.45, 2.75) is 43.4 Å². The molecule has 1 N–H and O–H groups in total. The van der Waals surface area contributed by atoms with Crippen LogP contribution in [0.2, 0.25) is 0 Å². The molecule has 3 unspecified atom stereocenters. The molecule has 0 saturated carbocycles. The van der Waals surface area contributed by atoms with Gasteiger partial charge in [-0.15, -0.1) is 0 Å². The van der Waals surface area contributed by atoms with E-state index < -0.39 is 11.6 Å². The van der Waals surface area contributed by atoms with Gasteiger partial charge in [0.05, 0.1) is 30.1 Å². The van der Waals surface area contributed by atoms with Gasteiger partial charge in [-0.25, -0.2) is 8.78 Å². The summed E-state index contributed by atoms with van der Waals surface area (Å²) < 4.78 is 44.4. The van der Waals surface area contributed by atoms with E-state index in [9.17, 15) is 4.79 Å². The highest BCUT2D eigenvalue weighted by Gasteiger charge is 2.49. The van der Waals surface area contributed by atoms with Crippen molar-refractivity contribution in [3.05, 3.63) is 54.2 Å². The average molecular weight is 630 g/mol. The van der Waals surface area contributed by atoms with Crippen LogP contribution in [0, 0.1) is 11.6 Å². The molecule has 2 aromatic heterocycles. The fraction of sp³-hybridized carbons (Fsp3) is 0.471. The Balaban J connectivity index is 1.25. The molecule has 2 aromatic carbocycles. The van der Waals surface area contributed by atoms with Crippen molar-refractivity contribution in [3.8, 4) is 17.3 Å². The maximum atomic E-state index is 16.7. The number of carbonyl (C=O) groups is 1. The molecule has 1 spiro atoms. The third-order valence-electron chi connectivity index (χ3n) is 10.1. The molecule has 4 aliphatic heterocycles. The highest BCUT2D eigenvalue weighted by Crippen LogP contribution is 2.41. The first-order chi connectivity index (χ1) is 22.4. The highest BCUT2D eigenvalue weighted by molar-refractivity contribution is 5.99. The molecule has 240 valence electrons. The number of aromatic nitrogens is 3. The van der Waals surface area contributed by atoms with Gasteiger partial charge in [0.25, 0.3) is 0 Å². The molecule has 3 fully saturated rings. The summed E-state index contributed by atoms with van der Waals surface area (Å²) in [4.78, 5) is 33.3. The topological polar surface area (TPSA) is 95.9 Å². The van der Waals surface area contributed by atoms with Crippen LogP contribution < -0.4 is 15.0 Å². The number of likely N-dealkylation sites (N-methyl/N-ethyl adjacent to an activating group) is 1. The number of piperazine rings is 1. The lowest BCUT2D eigenvalue weighted by molar-refractivity contribution is -0.131. The Morgan fingerprint density at radius 3 is 2.83 bits per heavy atom. The molecule has 12 heteroatoms. The van der Waals surface area contributed by atoms with E-state index in [4.69, 9.17) is 14.5 Å². The quantitative estimate of drug-likeness (QED) is 0.338. The number of pyridine rings is 1. The molecule has 3 atom stereocenters. The van der Waals surface area contributed by atoms with Gasteiger partial charge in [0.1, 0.15) is 29.5 Å². The molecule has 8 rings (SSSR count). The van der Waals surface area contributed by atoms with Crippen molar-refractivity contribution in [1.82, 2.24) is 30.1 Å². The second-order valence-corrected chi connectivity index (χ2v) is 13.0. The predicted octanol–water partition coefficient (Wildman–Crippen LogP) is 3.77. The molecule has 0 radical (unpaired) electrons. The van der Waals surface area contributed by atoms with Gasteiger partial charge in [-0.05, 0) is 37.3 Å². The van der Waals surface area contributed by atoms with E-state index in [0.29, 0.717) is 73.4 Å². The van der Waals surface area contributed by atoms with Crippen LogP contribution in [-0.4, -0.2) is 108 Å². The van der Waals surface area contributed by atoms with Crippen molar-refractivity contribution < 1.29 is 23.0 Å². The zero-order chi connectivity index (χ0) is 31.4. The van der Waals surface area contributed by atoms with E-state index in [1.165, 1.54) is 6.07 Å². The zero-order valence-corrected chi connectivity index (χ0v) is 25.8. The minimum Gasteiger partial charge on any atom is -0.461 e. The van der Waals surface area contributed by atoms with Crippen LogP contribution in [0.25, 0.3) is 32.9 Å². The second kappa shape index (κ2) is 11.7. The Hall–Kier alpha value is -4.00. The molecule has 4 aliphatic rings. The molecule has 3 saturated heterocycles. The molecule has 46 heavy (non-hydrogen) atoms. The molecular formula is C34H37F2N7O3. The number of nitrogens with one attached hydrogen (secondary N) is 1. The zero-order valence-electron chi connectivity index (χ0n) is 25.8. The van der Waals surface area contributed by atoms with Crippen molar-refractivity contribution in [3.63, 3.8) is 0 Å². The van der Waals surface area contributed by atoms with Gasteiger partial charge < -0.3 is 24.6 Å². The molecule has 1 amide bonds. The average Bonchev–Trinajstić information content (AvgIpc) is 3.60. The Bertz CT molecular complexity index is 1820. The highest BCUT2D eigenvalue weighted by atomic mass is 19.1. The van der Waals surface area contributed by atoms with Crippen LogP contribution in [0.1, 0.15) is 25.7 Å². The van der Waals surface area contributed by atoms with E-state index in [2.05, 4.69) is 25.1 Å². The lowest BCUT2D eigenvalue weighted by atomic mass is 9.94. The van der Waals surface area contributed by atoms with Gasteiger partial charge >= 0.3 is 6.01 Å². The smallest absolute Gasteiger partial charge is 0.319 e. The Labute approximate surface area is 265 Å². The minimum absolute atomic E-state index is 0.00457. The van der Waals surface area contributed by atoms with E-state index in [1.54, 1.807) is 41.4 Å². The van der Waals surface area contributed by atoms with Crippen LogP contribution >= 0.6 is 0 Å². The van der Waals surface area contributed by atoms with Gasteiger partial charge in [-0.3, -0.25) is 14.7 Å². The van der Waals surface area contributed by atoms with Gasteiger partial charge in [0.15, 0.2) is 5.82 Å². The van der Waals surface area contributed by atoms with Gasteiger partial charge in [-0.1, -0.05) is 30.3 Å². The molecular weight excluding hydrogens is 592 g/mol. The fourth-order valence-corrected chi connectivity index (χ4v) is 7.86. The number of hydrogen-bond acceptors (Lipinski definition) is 9. The Morgan fingerprint density at radius 2 is 1.93 bits per heavy atom. The Kier molecular flexibility index (Phi) is 7.46. The summed E-state index contributed by atoms with van der Waals surface area (Å²) >= 11 is 0. The first-order valence-electron chi connectivity index (χ1n) is 16.1. The normalized spacial score (nSPS) is 25.9. The maximum absolute atomic E-state index is 16.7. The van der Waals surface area contributed by atoms with Crippen molar-refractivity contribution in [2.75, 3.05) is 64.4 Å². The van der Waals surface area contributed by atoms with Crippen molar-refractivity contribution >= 4 is 33.4 Å². The van der Waals surface area contributed by atoms with Gasteiger partial charge in [-0.2, -0.15) is 9.97 Å². The van der Waals surface area contributed by atoms with Gasteiger partial charge in [0.2, 0.25) is 5.91 Å². The maximum Gasteiger partial charge on any atom is 0.319 e. The number of nitrogens with zero attached hydrogens (tertiary/aromatic N) is 6. The number of carbonyl (C=O) groups excluding carboxylic acids is 1. The summed E-state index contributed by atoms with van der Waals surface area (Å²) in [5.41, 5.74) is 0.218. The first-order valence-corrected chi connectivity index (χ1v) is 16.1. The molecule has 0 aliphatic carbocycles. The van der Waals surface area contributed by atoms with Crippen molar-refractivity contribution in [1.29, 1.82) is 0 Å². The van der Waals surface area contributed by atoms with Crippen LogP contribution in [-0.2, 0) is 9.53 Å². The standard InChI is InChI=1S/C34H37F2N7O3/c1-41-17-22-18-42(13-11-37-22)32-25-16-38-30(24-7-2-5-21-6-3-8-26(35)28(21)24)29(36)31(25)39-33(40-32)46-20-34-10-4-12-43(34)19-23(15-34)45-14-9-27(41)44/h2-3,5-8,16,22-23,37H,4,9-15,17-20H2,1H3. The second-order valence-electron chi connectivity index (χ2n) is 13.0. The number of hydrogen-bond donors (Lipinski definition) is 1. The van der Waals surface area contributed by atoms with Crippen LogP contribution in [0.15, 0.2) is 42.6 Å². The lowest BCUT2D eigenvalue weighted by Gasteiger charge is -2.36. The largest absolute Gasteiger partial charge is 0.461 e. The number of amides is 1. The summed E-state index contributed by atoms with van der Waals surface area (Å²) in [6.07, 6.45) is 4.70. The van der Waals surface area contributed by atoms with E-state index in [-0.39, 0.29) is 40.8 Å². The van der Waals surface area contributed by atoms with Crippen LogP contribution in [0.4, 0.5) is 14.6 Å². The summed E-state index contributed by atoms with van der Waals surface area (Å²) in [7, 11) is 1.82. The SMILES string of the molecule is CN1CC2CN(CCN2)c2nc(nc3c(F)c(-c4cccc5cccc(F)c45)ncc23)OCC23CCCN2CC(C3)OCCC1=O. The van der Waals surface area contributed by atoms with Crippen molar-refractivity contribution in [2.24, 2.45) is 0 Å². The van der Waals surface area contributed by atoms with E-state index >= 15 is 8.78 Å². The number of fused-ring (bicyclic) bond motifs is 9.